The molecule has 3 aromatic rings. The fraction of sp³-hybridized carbons (Fsp3) is 0.391. The lowest BCUT2D eigenvalue weighted by Crippen LogP contribution is -2.33. The topological polar surface area (TPSA) is 92.7 Å². The van der Waals surface area contributed by atoms with Crippen molar-refractivity contribution in [3.8, 4) is 0 Å². The van der Waals surface area contributed by atoms with Gasteiger partial charge < -0.3 is 10.3 Å². The van der Waals surface area contributed by atoms with Gasteiger partial charge in [0, 0.05) is 23.2 Å². The van der Waals surface area contributed by atoms with E-state index in [1.165, 1.54) is 0 Å². The molecule has 2 aromatic heterocycles. The summed E-state index contributed by atoms with van der Waals surface area (Å²) in [7, 11) is 0. The predicted octanol–water partition coefficient (Wildman–Crippen LogP) is 3.17. The number of aryl methyl sites for hydroxylation is 2. The molecular weight excluding hydrogens is 378 g/mol. The molecule has 158 valence electrons. The number of nitrogens with zero attached hydrogens (tertiary/aromatic N) is 3. The summed E-state index contributed by atoms with van der Waals surface area (Å²) in [6.45, 7) is 12.4. The van der Waals surface area contributed by atoms with Crippen LogP contribution in [0.1, 0.15) is 65.2 Å². The van der Waals surface area contributed by atoms with Crippen LogP contribution in [0.15, 0.2) is 35.1 Å². The van der Waals surface area contributed by atoms with E-state index in [9.17, 15) is 9.59 Å². The van der Waals surface area contributed by atoms with Gasteiger partial charge in [0.05, 0.1) is 17.9 Å². The average Bonchev–Trinajstić information content (AvgIpc) is 2.92. The Morgan fingerprint density at radius 2 is 1.77 bits per heavy atom. The lowest BCUT2D eigenvalue weighted by atomic mass is 9.95. The zero-order chi connectivity index (χ0) is 22.1. The van der Waals surface area contributed by atoms with Crippen LogP contribution in [0, 0.1) is 20.8 Å². The van der Waals surface area contributed by atoms with Crippen molar-refractivity contribution >= 4 is 5.91 Å². The number of amides is 1. The first kappa shape index (κ1) is 21.5. The van der Waals surface area contributed by atoms with Gasteiger partial charge in [0.15, 0.2) is 0 Å². The number of benzene rings is 1. The number of hydrogen-bond acceptors (Lipinski definition) is 4. The molecular formula is C23H29N5O2. The van der Waals surface area contributed by atoms with E-state index in [-0.39, 0.29) is 11.0 Å². The summed E-state index contributed by atoms with van der Waals surface area (Å²) >= 11 is 0. The van der Waals surface area contributed by atoms with Crippen molar-refractivity contribution in [2.75, 3.05) is 0 Å². The number of hydrogen-bond donors (Lipinski definition) is 2. The van der Waals surface area contributed by atoms with Gasteiger partial charge in [0.2, 0.25) is 0 Å². The Kier molecular flexibility index (Phi) is 5.92. The predicted molar refractivity (Wildman–Crippen MR) is 117 cm³/mol. The third-order valence-electron chi connectivity index (χ3n) is 5.17. The molecule has 0 aliphatic carbocycles. The summed E-state index contributed by atoms with van der Waals surface area (Å²) < 4.78 is 1.93. The van der Waals surface area contributed by atoms with E-state index in [0.717, 1.165) is 22.5 Å². The Labute approximate surface area is 176 Å². The van der Waals surface area contributed by atoms with Crippen molar-refractivity contribution in [1.82, 2.24) is 25.1 Å². The number of carbonyl (C=O) groups is 1. The van der Waals surface area contributed by atoms with Crippen LogP contribution in [-0.2, 0) is 18.5 Å². The molecule has 0 aliphatic heterocycles. The first-order valence-corrected chi connectivity index (χ1v) is 10.0. The van der Waals surface area contributed by atoms with Crippen molar-refractivity contribution in [3.63, 3.8) is 0 Å². The fourth-order valence-corrected chi connectivity index (χ4v) is 3.37. The molecule has 0 atom stereocenters. The highest BCUT2D eigenvalue weighted by Crippen LogP contribution is 2.18. The largest absolute Gasteiger partial charge is 0.348 e. The third kappa shape index (κ3) is 4.50. The van der Waals surface area contributed by atoms with E-state index >= 15 is 0 Å². The minimum absolute atomic E-state index is 0.0509. The fourth-order valence-electron chi connectivity index (χ4n) is 3.37. The van der Waals surface area contributed by atoms with Gasteiger partial charge in [0.1, 0.15) is 11.4 Å². The molecule has 0 aliphatic rings. The molecule has 0 saturated carbocycles. The highest BCUT2D eigenvalue weighted by Gasteiger charge is 2.22. The molecule has 0 saturated heterocycles. The van der Waals surface area contributed by atoms with Gasteiger partial charge in [-0.2, -0.15) is 5.10 Å². The van der Waals surface area contributed by atoms with Crippen molar-refractivity contribution in [2.45, 2.75) is 60.0 Å². The van der Waals surface area contributed by atoms with E-state index in [1.54, 1.807) is 6.92 Å². The second-order valence-corrected chi connectivity index (χ2v) is 8.60. The minimum atomic E-state index is -0.434. The van der Waals surface area contributed by atoms with Gasteiger partial charge in [-0.25, -0.2) is 4.98 Å². The first-order chi connectivity index (χ1) is 14.1. The number of aromatic amines is 1. The average molecular weight is 408 g/mol. The van der Waals surface area contributed by atoms with Gasteiger partial charge in [0.25, 0.3) is 11.5 Å². The van der Waals surface area contributed by atoms with Crippen LogP contribution in [0.3, 0.4) is 0 Å². The lowest BCUT2D eigenvalue weighted by molar-refractivity contribution is 0.0948. The van der Waals surface area contributed by atoms with Crippen LogP contribution in [0.5, 0.6) is 0 Å². The summed E-state index contributed by atoms with van der Waals surface area (Å²) in [5, 5.41) is 7.48. The van der Waals surface area contributed by atoms with Crippen molar-refractivity contribution in [1.29, 1.82) is 0 Å². The van der Waals surface area contributed by atoms with E-state index in [2.05, 4.69) is 32.5 Å². The maximum Gasteiger partial charge on any atom is 0.264 e. The summed E-state index contributed by atoms with van der Waals surface area (Å²) in [5.74, 6) is 0.131. The molecule has 2 N–H and O–H groups in total. The molecule has 0 spiro atoms. The molecule has 3 rings (SSSR count). The summed E-state index contributed by atoms with van der Waals surface area (Å²) in [6.07, 6.45) is 0. The molecule has 7 nitrogen and oxygen atoms in total. The maximum absolute atomic E-state index is 12.7. The van der Waals surface area contributed by atoms with Gasteiger partial charge in [-0.05, 0) is 26.3 Å². The molecule has 0 bridgehead atoms. The highest BCUT2D eigenvalue weighted by molar-refractivity contribution is 5.94. The Balaban J connectivity index is 1.78. The molecule has 0 unspecified atom stereocenters. The van der Waals surface area contributed by atoms with Crippen LogP contribution < -0.4 is 10.9 Å². The standard InChI is InChI=1S/C23H29N5O2/c1-14-18(16(3)28(27-14)13-17-10-8-7-9-11-17)12-24-20(29)19-15(2)25-22(23(4,5)6)26-21(19)30/h7-11H,12-13H2,1-6H3,(H,24,29)(H,25,26,30). The van der Waals surface area contributed by atoms with E-state index < -0.39 is 11.5 Å². The number of nitrogens with one attached hydrogen (secondary N) is 2. The second-order valence-electron chi connectivity index (χ2n) is 8.60. The lowest BCUT2D eigenvalue weighted by Gasteiger charge is -2.18. The van der Waals surface area contributed by atoms with E-state index in [0.29, 0.717) is 24.6 Å². The van der Waals surface area contributed by atoms with Crippen LogP contribution in [0.25, 0.3) is 0 Å². The molecule has 7 heteroatoms. The quantitative estimate of drug-likeness (QED) is 0.679. The highest BCUT2D eigenvalue weighted by atomic mass is 16.2. The second kappa shape index (κ2) is 8.26. The SMILES string of the molecule is Cc1nn(Cc2ccccc2)c(C)c1CNC(=O)c1c(C)nc(C(C)(C)C)[nH]c1=O. The molecule has 30 heavy (non-hydrogen) atoms. The first-order valence-electron chi connectivity index (χ1n) is 10.0. The van der Waals surface area contributed by atoms with E-state index in [4.69, 9.17) is 0 Å². The number of aromatic nitrogens is 4. The Bertz CT molecular complexity index is 1120. The number of carbonyl (C=O) groups excluding carboxylic acids is 1. The molecule has 1 amide bonds. The van der Waals surface area contributed by atoms with Crippen LogP contribution in [0.2, 0.25) is 0 Å². The third-order valence-corrected chi connectivity index (χ3v) is 5.17. The normalized spacial score (nSPS) is 11.5. The molecule has 2 heterocycles. The van der Waals surface area contributed by atoms with Crippen LogP contribution >= 0.6 is 0 Å². The Morgan fingerprint density at radius 1 is 1.10 bits per heavy atom. The number of H-pyrrole nitrogens is 1. The van der Waals surface area contributed by atoms with Gasteiger partial charge in [-0.3, -0.25) is 14.3 Å². The van der Waals surface area contributed by atoms with Crippen molar-refractivity contribution in [3.05, 3.63) is 80.3 Å². The number of rotatable bonds is 5. The molecule has 0 radical (unpaired) electrons. The van der Waals surface area contributed by atoms with Crippen LogP contribution in [0.4, 0.5) is 0 Å². The van der Waals surface area contributed by atoms with Gasteiger partial charge in [-0.15, -0.1) is 0 Å². The van der Waals surface area contributed by atoms with Crippen LogP contribution in [-0.4, -0.2) is 25.7 Å². The van der Waals surface area contributed by atoms with E-state index in [1.807, 2.05) is 57.5 Å². The smallest absolute Gasteiger partial charge is 0.264 e. The summed E-state index contributed by atoms with van der Waals surface area (Å²) in [5.41, 5.74) is 3.71. The van der Waals surface area contributed by atoms with Crippen molar-refractivity contribution < 1.29 is 4.79 Å². The molecule has 0 fully saturated rings. The Morgan fingerprint density at radius 3 is 2.37 bits per heavy atom. The Hall–Kier alpha value is -3.22. The zero-order valence-corrected chi connectivity index (χ0v) is 18.5. The minimum Gasteiger partial charge on any atom is -0.348 e. The summed E-state index contributed by atoms with van der Waals surface area (Å²) in [4.78, 5) is 32.5. The van der Waals surface area contributed by atoms with Crippen molar-refractivity contribution in [2.24, 2.45) is 0 Å². The molecule has 1 aromatic carbocycles. The maximum atomic E-state index is 12.7. The monoisotopic (exact) mass is 407 g/mol. The zero-order valence-electron chi connectivity index (χ0n) is 18.5. The summed E-state index contributed by atoms with van der Waals surface area (Å²) in [6, 6.07) is 10.1. The van der Waals surface area contributed by atoms with Gasteiger partial charge in [-0.1, -0.05) is 51.1 Å². The van der Waals surface area contributed by atoms with Gasteiger partial charge >= 0.3 is 0 Å².